The summed E-state index contributed by atoms with van der Waals surface area (Å²) in [6.07, 6.45) is 5.46. The fraction of sp³-hybridized carbons (Fsp3) is 0.448. The van der Waals surface area contributed by atoms with Crippen molar-refractivity contribution in [1.82, 2.24) is 20.6 Å². The molecule has 11 nitrogen and oxygen atoms in total. The zero-order valence-corrected chi connectivity index (χ0v) is 23.0. The van der Waals surface area contributed by atoms with Gasteiger partial charge in [0.05, 0.1) is 24.1 Å². The second-order valence-corrected chi connectivity index (χ2v) is 11.0. The molecule has 0 bridgehead atoms. The predicted molar refractivity (Wildman–Crippen MR) is 147 cm³/mol. The summed E-state index contributed by atoms with van der Waals surface area (Å²) in [5.74, 6) is 0.680. The third-order valence-electron chi connectivity index (χ3n) is 6.79. The number of hydrogen-bond donors (Lipinski definition) is 2. The fourth-order valence-electron chi connectivity index (χ4n) is 4.69. The molecule has 0 saturated carbocycles. The summed E-state index contributed by atoms with van der Waals surface area (Å²) in [4.78, 5) is 35.8. The van der Waals surface area contributed by atoms with E-state index in [4.69, 9.17) is 18.6 Å². The summed E-state index contributed by atoms with van der Waals surface area (Å²) < 4.78 is 22.2. The molecule has 1 aromatic carbocycles. The van der Waals surface area contributed by atoms with Gasteiger partial charge in [0.2, 0.25) is 0 Å². The van der Waals surface area contributed by atoms with E-state index in [1.54, 1.807) is 33.2 Å². The lowest BCUT2D eigenvalue weighted by Gasteiger charge is -2.33. The minimum absolute atomic E-state index is 0.263. The number of nitrogens with zero attached hydrogens (tertiary/aromatic N) is 3. The molecular formula is C29H35N5O6. The maximum absolute atomic E-state index is 12.9. The second kappa shape index (κ2) is 12.0. The average Bonchev–Trinajstić information content (AvgIpc) is 3.53. The second-order valence-electron chi connectivity index (χ2n) is 11.0. The lowest BCUT2D eigenvalue weighted by atomic mass is 10.00. The number of anilines is 1. The molecule has 0 aliphatic carbocycles. The summed E-state index contributed by atoms with van der Waals surface area (Å²) >= 11 is 0. The van der Waals surface area contributed by atoms with Gasteiger partial charge in [-0.25, -0.2) is 14.6 Å². The molecule has 2 aliphatic rings. The SMILES string of the molecule is CC(C)(C)OC(=O)O[C@H]1CN[C@H](Cc2ccc(-c3cnco3)cc2)[C@@H]1OC(=O)NCc1cncc(N2CCC2)c1. The Kier molecular flexibility index (Phi) is 8.20. The number of nitrogens with one attached hydrogen (secondary N) is 2. The van der Waals surface area contributed by atoms with E-state index in [9.17, 15) is 9.59 Å². The Labute approximate surface area is 233 Å². The van der Waals surface area contributed by atoms with Crippen molar-refractivity contribution in [3.8, 4) is 11.3 Å². The minimum Gasteiger partial charge on any atom is -0.444 e. The van der Waals surface area contributed by atoms with E-state index < -0.39 is 30.1 Å². The molecule has 1 amide bonds. The molecule has 2 fully saturated rings. The van der Waals surface area contributed by atoms with Gasteiger partial charge in [0.15, 0.2) is 24.4 Å². The van der Waals surface area contributed by atoms with Crippen LogP contribution >= 0.6 is 0 Å². The summed E-state index contributed by atoms with van der Waals surface area (Å²) in [6.45, 7) is 7.90. The fourth-order valence-corrected chi connectivity index (χ4v) is 4.69. The van der Waals surface area contributed by atoms with Crippen LogP contribution in [0, 0.1) is 0 Å². The molecule has 2 N–H and O–H groups in total. The van der Waals surface area contributed by atoms with E-state index in [0.29, 0.717) is 18.7 Å². The van der Waals surface area contributed by atoms with Gasteiger partial charge < -0.3 is 34.2 Å². The van der Waals surface area contributed by atoms with Crippen molar-refractivity contribution >= 4 is 17.9 Å². The highest BCUT2D eigenvalue weighted by Gasteiger charge is 2.42. The van der Waals surface area contributed by atoms with Crippen molar-refractivity contribution in [3.63, 3.8) is 0 Å². The summed E-state index contributed by atoms with van der Waals surface area (Å²) in [7, 11) is 0. The first-order chi connectivity index (χ1) is 19.2. The molecule has 2 aliphatic heterocycles. The highest BCUT2D eigenvalue weighted by atomic mass is 16.7. The lowest BCUT2D eigenvalue weighted by molar-refractivity contribution is -0.0518. The molecule has 4 heterocycles. The van der Waals surface area contributed by atoms with Gasteiger partial charge in [0.25, 0.3) is 0 Å². The van der Waals surface area contributed by atoms with Crippen LogP contribution in [-0.2, 0) is 27.2 Å². The highest BCUT2D eigenvalue weighted by molar-refractivity contribution is 5.68. The van der Waals surface area contributed by atoms with Gasteiger partial charge >= 0.3 is 12.2 Å². The Morgan fingerprint density at radius 1 is 1.07 bits per heavy atom. The molecule has 11 heteroatoms. The van der Waals surface area contributed by atoms with Crippen LogP contribution in [-0.4, -0.2) is 65.7 Å². The van der Waals surface area contributed by atoms with Gasteiger partial charge in [0.1, 0.15) is 5.60 Å². The zero-order valence-electron chi connectivity index (χ0n) is 23.0. The zero-order chi connectivity index (χ0) is 28.1. The summed E-state index contributed by atoms with van der Waals surface area (Å²) in [5, 5.41) is 6.16. The third kappa shape index (κ3) is 7.09. The molecule has 5 rings (SSSR count). The standard InChI is InChI=1S/C29H35N5O6/c1-29(2,3)40-28(36)38-25-17-32-23(12-19-5-7-21(8-6-19)24-16-31-18-37-24)26(25)39-27(35)33-14-20-11-22(15-30-13-20)34-9-4-10-34/h5-8,11,13,15-16,18,23,25-26,32H,4,9-10,12,14,17H2,1-3H3,(H,33,35)/t23-,25+,26+/m1/s1. The number of alkyl carbamates (subject to hydrolysis) is 1. The monoisotopic (exact) mass is 549 g/mol. The molecule has 0 radical (unpaired) electrons. The van der Waals surface area contributed by atoms with Crippen molar-refractivity contribution in [3.05, 3.63) is 66.4 Å². The largest absolute Gasteiger partial charge is 0.509 e. The molecule has 3 aromatic rings. The van der Waals surface area contributed by atoms with Gasteiger partial charge in [-0.3, -0.25) is 4.98 Å². The van der Waals surface area contributed by atoms with Crippen LogP contribution in [0.3, 0.4) is 0 Å². The number of rotatable bonds is 8. The van der Waals surface area contributed by atoms with Crippen LogP contribution in [0.15, 0.2) is 59.7 Å². The number of hydrogen-bond acceptors (Lipinski definition) is 10. The molecule has 0 unspecified atom stereocenters. The Balaban J connectivity index is 1.23. The molecule has 212 valence electrons. The molecular weight excluding hydrogens is 514 g/mol. The number of benzene rings is 1. The summed E-state index contributed by atoms with van der Waals surface area (Å²) in [6, 6.07) is 9.59. The van der Waals surface area contributed by atoms with Crippen LogP contribution in [0.1, 0.15) is 38.3 Å². The van der Waals surface area contributed by atoms with E-state index in [1.165, 1.54) is 12.8 Å². The number of aromatic nitrogens is 2. The van der Waals surface area contributed by atoms with Crippen molar-refractivity contribution in [2.45, 2.75) is 64.0 Å². The van der Waals surface area contributed by atoms with Crippen molar-refractivity contribution in [2.24, 2.45) is 0 Å². The Morgan fingerprint density at radius 3 is 2.55 bits per heavy atom. The van der Waals surface area contributed by atoms with Gasteiger partial charge in [-0.15, -0.1) is 0 Å². The Morgan fingerprint density at radius 2 is 1.88 bits per heavy atom. The average molecular weight is 550 g/mol. The van der Waals surface area contributed by atoms with Gasteiger partial charge in [-0.2, -0.15) is 0 Å². The first-order valence-electron chi connectivity index (χ1n) is 13.5. The number of oxazole rings is 1. The molecule has 3 atom stereocenters. The predicted octanol–water partition coefficient (Wildman–Crippen LogP) is 4.08. The van der Waals surface area contributed by atoms with E-state index >= 15 is 0 Å². The van der Waals surface area contributed by atoms with Crippen LogP contribution in [0.5, 0.6) is 0 Å². The summed E-state index contributed by atoms with van der Waals surface area (Å²) in [5.41, 5.74) is 3.13. The number of carbonyl (C=O) groups is 2. The van der Waals surface area contributed by atoms with Gasteiger partial charge in [-0.1, -0.05) is 24.3 Å². The number of amides is 1. The third-order valence-corrected chi connectivity index (χ3v) is 6.79. The van der Waals surface area contributed by atoms with Crippen molar-refractivity contribution in [1.29, 1.82) is 0 Å². The van der Waals surface area contributed by atoms with Crippen molar-refractivity contribution in [2.75, 3.05) is 24.5 Å². The van der Waals surface area contributed by atoms with Gasteiger partial charge in [0, 0.05) is 37.9 Å². The minimum atomic E-state index is -0.806. The molecule has 2 saturated heterocycles. The van der Waals surface area contributed by atoms with E-state index in [-0.39, 0.29) is 12.6 Å². The number of pyridine rings is 1. The molecule has 2 aromatic heterocycles. The smallest absolute Gasteiger partial charge is 0.444 e. The van der Waals surface area contributed by atoms with Crippen molar-refractivity contribution < 1.29 is 28.2 Å². The Bertz CT molecular complexity index is 1290. The van der Waals surface area contributed by atoms with Crippen LogP contribution in [0.2, 0.25) is 0 Å². The van der Waals surface area contributed by atoms with Crippen LogP contribution in [0.4, 0.5) is 15.3 Å². The highest BCUT2D eigenvalue weighted by Crippen LogP contribution is 2.24. The molecule has 40 heavy (non-hydrogen) atoms. The van der Waals surface area contributed by atoms with E-state index in [0.717, 1.165) is 35.5 Å². The number of carbonyl (C=O) groups excluding carboxylic acids is 2. The van der Waals surface area contributed by atoms with Crippen LogP contribution < -0.4 is 15.5 Å². The number of ether oxygens (including phenoxy) is 3. The maximum Gasteiger partial charge on any atom is 0.509 e. The Hall–Kier alpha value is -4.12. The van der Waals surface area contributed by atoms with Gasteiger partial charge in [-0.05, 0) is 50.8 Å². The van der Waals surface area contributed by atoms with E-state index in [2.05, 4.69) is 25.5 Å². The topological polar surface area (TPSA) is 128 Å². The maximum atomic E-state index is 12.9. The van der Waals surface area contributed by atoms with E-state index in [1.807, 2.05) is 36.5 Å². The quantitative estimate of drug-likeness (QED) is 0.397. The normalized spacial score (nSPS) is 20.5. The van der Waals surface area contributed by atoms with Crippen LogP contribution in [0.25, 0.3) is 11.3 Å². The first kappa shape index (κ1) is 27.4. The lowest BCUT2D eigenvalue weighted by Crippen LogP contribution is -2.43. The first-order valence-corrected chi connectivity index (χ1v) is 13.5. The molecule has 0 spiro atoms.